The smallest absolute Gasteiger partial charge is 0.274 e. The molecule has 1 fully saturated rings. The molecule has 2 aromatic heterocycles. The van der Waals surface area contributed by atoms with E-state index in [0.29, 0.717) is 5.69 Å². The number of aromatic amines is 1. The van der Waals surface area contributed by atoms with Gasteiger partial charge in [0.25, 0.3) is 5.91 Å². The highest BCUT2D eigenvalue weighted by Gasteiger charge is 2.29. The third-order valence-corrected chi connectivity index (χ3v) is 4.78. The molecule has 0 spiro atoms. The zero-order valence-electron chi connectivity index (χ0n) is 13.5. The first-order chi connectivity index (χ1) is 11.2. The summed E-state index contributed by atoms with van der Waals surface area (Å²) in [7, 11) is 0. The third kappa shape index (κ3) is 2.79. The number of rotatable bonds is 3. The summed E-state index contributed by atoms with van der Waals surface area (Å²) in [4.78, 5) is 16.8. The minimum atomic E-state index is 0.0927. The second-order valence-corrected chi connectivity index (χ2v) is 6.50. The summed E-state index contributed by atoms with van der Waals surface area (Å²) in [6, 6.07) is 4.02. The average Bonchev–Trinajstić information content (AvgIpc) is 3.27. The molecule has 1 saturated heterocycles. The molecule has 1 amide bonds. The number of nitrogens with zero attached hydrogens (tertiary/aromatic N) is 3. The maximum Gasteiger partial charge on any atom is 0.274 e. The van der Waals surface area contributed by atoms with E-state index in [1.807, 2.05) is 24.0 Å². The fraction of sp³-hybridized carbons (Fsp3) is 0.529. The SMILES string of the molecule is Cc1ccc(CN2CCc3c(C(=O)N4CCCC4)n[nH]c3C2)o1. The Kier molecular flexibility index (Phi) is 3.69. The van der Waals surface area contributed by atoms with E-state index in [-0.39, 0.29) is 5.91 Å². The summed E-state index contributed by atoms with van der Waals surface area (Å²) in [5.74, 6) is 2.02. The highest BCUT2D eigenvalue weighted by atomic mass is 16.3. The predicted octanol–water partition coefficient (Wildman–Crippen LogP) is 2.11. The Balaban J connectivity index is 1.47. The van der Waals surface area contributed by atoms with Gasteiger partial charge in [-0.05, 0) is 38.3 Å². The summed E-state index contributed by atoms with van der Waals surface area (Å²) in [5, 5.41) is 7.40. The molecule has 2 aliphatic heterocycles. The van der Waals surface area contributed by atoms with E-state index in [1.165, 1.54) is 0 Å². The van der Waals surface area contributed by atoms with Crippen LogP contribution in [0, 0.1) is 6.92 Å². The molecule has 23 heavy (non-hydrogen) atoms. The van der Waals surface area contributed by atoms with Gasteiger partial charge < -0.3 is 9.32 Å². The topological polar surface area (TPSA) is 65.4 Å². The number of fused-ring (bicyclic) bond motifs is 1. The number of hydrogen-bond acceptors (Lipinski definition) is 4. The van der Waals surface area contributed by atoms with Gasteiger partial charge in [0.2, 0.25) is 0 Å². The zero-order valence-corrected chi connectivity index (χ0v) is 13.5. The number of carbonyl (C=O) groups is 1. The Labute approximate surface area is 135 Å². The number of nitrogens with one attached hydrogen (secondary N) is 1. The van der Waals surface area contributed by atoms with Gasteiger partial charge in [-0.15, -0.1) is 0 Å². The van der Waals surface area contributed by atoms with Gasteiger partial charge in [-0.1, -0.05) is 0 Å². The molecule has 2 aromatic rings. The fourth-order valence-corrected chi connectivity index (χ4v) is 3.55. The van der Waals surface area contributed by atoms with Crippen LogP contribution < -0.4 is 0 Å². The van der Waals surface area contributed by atoms with Crippen LogP contribution in [0.5, 0.6) is 0 Å². The summed E-state index contributed by atoms with van der Waals surface area (Å²) < 4.78 is 5.66. The van der Waals surface area contributed by atoms with Crippen molar-refractivity contribution in [2.45, 2.75) is 39.3 Å². The summed E-state index contributed by atoms with van der Waals surface area (Å²) >= 11 is 0. The Bertz CT molecular complexity index is 712. The van der Waals surface area contributed by atoms with Crippen molar-refractivity contribution in [3.05, 3.63) is 40.6 Å². The lowest BCUT2D eigenvalue weighted by atomic mass is 10.0. The Morgan fingerprint density at radius 1 is 1.30 bits per heavy atom. The second-order valence-electron chi connectivity index (χ2n) is 6.50. The second kappa shape index (κ2) is 5.85. The standard InChI is InChI=1S/C17H22N4O2/c1-12-4-5-13(23-12)10-20-9-6-14-15(11-20)18-19-16(14)17(22)21-7-2-3-8-21/h4-5H,2-3,6-11H2,1H3,(H,18,19). The maximum atomic E-state index is 12.6. The van der Waals surface area contributed by atoms with Gasteiger partial charge in [-0.2, -0.15) is 5.10 Å². The minimum Gasteiger partial charge on any atom is -0.465 e. The van der Waals surface area contributed by atoms with Gasteiger partial charge in [0, 0.05) is 31.7 Å². The van der Waals surface area contributed by atoms with Crippen LogP contribution in [0.2, 0.25) is 0 Å². The van der Waals surface area contributed by atoms with Crippen LogP contribution in [-0.4, -0.2) is 45.5 Å². The quantitative estimate of drug-likeness (QED) is 0.942. The van der Waals surface area contributed by atoms with Crippen LogP contribution in [0.1, 0.15) is 46.1 Å². The van der Waals surface area contributed by atoms with E-state index in [2.05, 4.69) is 15.1 Å². The lowest BCUT2D eigenvalue weighted by Crippen LogP contribution is -2.32. The van der Waals surface area contributed by atoms with Crippen molar-refractivity contribution in [3.63, 3.8) is 0 Å². The van der Waals surface area contributed by atoms with Gasteiger partial charge in [-0.3, -0.25) is 14.8 Å². The fourth-order valence-electron chi connectivity index (χ4n) is 3.55. The Hall–Kier alpha value is -2.08. The molecule has 6 nitrogen and oxygen atoms in total. The molecule has 6 heteroatoms. The number of amides is 1. The highest BCUT2D eigenvalue weighted by molar-refractivity contribution is 5.94. The van der Waals surface area contributed by atoms with Crippen molar-refractivity contribution < 1.29 is 9.21 Å². The van der Waals surface area contributed by atoms with E-state index in [9.17, 15) is 4.79 Å². The number of furan rings is 1. The van der Waals surface area contributed by atoms with Crippen LogP contribution in [0.3, 0.4) is 0 Å². The average molecular weight is 314 g/mol. The molecule has 2 aliphatic rings. The molecule has 0 atom stereocenters. The predicted molar refractivity (Wildman–Crippen MR) is 85.0 cm³/mol. The molecule has 1 N–H and O–H groups in total. The zero-order chi connectivity index (χ0) is 15.8. The lowest BCUT2D eigenvalue weighted by molar-refractivity contribution is 0.0785. The summed E-state index contributed by atoms with van der Waals surface area (Å²) in [5.41, 5.74) is 2.81. The molecule has 0 aromatic carbocycles. The molecular weight excluding hydrogens is 292 g/mol. The number of aromatic nitrogens is 2. The van der Waals surface area contributed by atoms with Crippen molar-refractivity contribution in [2.75, 3.05) is 19.6 Å². The van der Waals surface area contributed by atoms with Crippen LogP contribution in [0.25, 0.3) is 0 Å². The van der Waals surface area contributed by atoms with Gasteiger partial charge in [0.05, 0.1) is 12.2 Å². The number of carbonyl (C=O) groups excluding carboxylic acids is 1. The van der Waals surface area contributed by atoms with E-state index in [0.717, 1.165) is 74.8 Å². The lowest BCUT2D eigenvalue weighted by Gasteiger charge is -2.26. The van der Waals surface area contributed by atoms with Gasteiger partial charge >= 0.3 is 0 Å². The van der Waals surface area contributed by atoms with E-state index < -0.39 is 0 Å². The first-order valence-corrected chi connectivity index (χ1v) is 8.34. The van der Waals surface area contributed by atoms with E-state index >= 15 is 0 Å². The molecule has 0 aliphatic carbocycles. The Morgan fingerprint density at radius 2 is 2.13 bits per heavy atom. The molecule has 4 rings (SSSR count). The van der Waals surface area contributed by atoms with Crippen molar-refractivity contribution in [1.82, 2.24) is 20.0 Å². The molecule has 0 bridgehead atoms. The molecule has 0 saturated carbocycles. The van der Waals surface area contributed by atoms with Crippen LogP contribution >= 0.6 is 0 Å². The minimum absolute atomic E-state index is 0.0927. The maximum absolute atomic E-state index is 12.6. The van der Waals surface area contributed by atoms with Crippen LogP contribution in [0.4, 0.5) is 0 Å². The van der Waals surface area contributed by atoms with Crippen molar-refractivity contribution in [2.24, 2.45) is 0 Å². The first-order valence-electron chi connectivity index (χ1n) is 8.34. The number of H-pyrrole nitrogens is 1. The van der Waals surface area contributed by atoms with Crippen molar-refractivity contribution in [3.8, 4) is 0 Å². The monoisotopic (exact) mass is 314 g/mol. The molecule has 4 heterocycles. The number of hydrogen-bond donors (Lipinski definition) is 1. The molecule has 122 valence electrons. The Morgan fingerprint density at radius 3 is 2.87 bits per heavy atom. The molecule has 0 unspecified atom stereocenters. The van der Waals surface area contributed by atoms with Crippen molar-refractivity contribution >= 4 is 5.91 Å². The molecular formula is C17H22N4O2. The number of likely N-dealkylation sites (tertiary alicyclic amines) is 1. The first kappa shape index (κ1) is 14.5. The molecule has 0 radical (unpaired) electrons. The van der Waals surface area contributed by atoms with Gasteiger partial charge in [0.1, 0.15) is 11.5 Å². The van der Waals surface area contributed by atoms with Gasteiger partial charge in [0.15, 0.2) is 5.69 Å². The van der Waals surface area contributed by atoms with E-state index in [4.69, 9.17) is 4.42 Å². The largest absolute Gasteiger partial charge is 0.465 e. The van der Waals surface area contributed by atoms with Crippen LogP contribution in [-0.2, 0) is 19.5 Å². The van der Waals surface area contributed by atoms with Gasteiger partial charge in [-0.25, -0.2) is 0 Å². The highest BCUT2D eigenvalue weighted by Crippen LogP contribution is 2.24. The van der Waals surface area contributed by atoms with E-state index in [1.54, 1.807) is 0 Å². The van der Waals surface area contributed by atoms with Crippen molar-refractivity contribution in [1.29, 1.82) is 0 Å². The number of aryl methyl sites for hydroxylation is 1. The summed E-state index contributed by atoms with van der Waals surface area (Å²) in [6.07, 6.45) is 3.07. The third-order valence-electron chi connectivity index (χ3n) is 4.78. The summed E-state index contributed by atoms with van der Waals surface area (Å²) in [6.45, 7) is 6.20. The normalized spacial score (nSPS) is 18.4. The van der Waals surface area contributed by atoms with Crippen LogP contribution in [0.15, 0.2) is 16.5 Å².